The first kappa shape index (κ1) is 13.5. The van der Waals surface area contributed by atoms with Crippen LogP contribution in [0.3, 0.4) is 0 Å². The molecule has 0 atom stereocenters. The smallest absolute Gasteiger partial charge is 0.104 e. The van der Waals surface area contributed by atoms with E-state index in [0.717, 1.165) is 18.7 Å². The summed E-state index contributed by atoms with van der Waals surface area (Å²) in [7, 11) is 0. The van der Waals surface area contributed by atoms with Gasteiger partial charge in [0, 0.05) is 24.4 Å². The number of hydrogen-bond acceptors (Lipinski definition) is 3. The van der Waals surface area contributed by atoms with E-state index in [9.17, 15) is 0 Å². The van der Waals surface area contributed by atoms with Crippen LogP contribution in [-0.4, -0.2) is 41.2 Å². The maximum Gasteiger partial charge on any atom is 0.104 e. The van der Waals surface area contributed by atoms with Gasteiger partial charge < -0.3 is 5.11 Å². The van der Waals surface area contributed by atoms with Gasteiger partial charge in [-0.3, -0.25) is 4.90 Å². The Balaban J connectivity index is 2.07. The molecule has 0 saturated carbocycles. The summed E-state index contributed by atoms with van der Waals surface area (Å²) < 4.78 is 0. The van der Waals surface area contributed by atoms with Gasteiger partial charge >= 0.3 is 0 Å². The van der Waals surface area contributed by atoms with Crippen LogP contribution in [0.1, 0.15) is 17.5 Å². The highest BCUT2D eigenvalue weighted by Crippen LogP contribution is 2.15. The Bertz CT molecular complexity index is 428. The summed E-state index contributed by atoms with van der Waals surface area (Å²) in [6, 6.07) is 8.24. The first-order valence-electron chi connectivity index (χ1n) is 6.38. The second-order valence-electron chi connectivity index (χ2n) is 4.36. The van der Waals surface area contributed by atoms with Crippen LogP contribution in [0.25, 0.3) is 0 Å². The van der Waals surface area contributed by atoms with E-state index in [1.165, 1.54) is 30.0 Å². The predicted molar refractivity (Wildman–Crippen MR) is 77.6 cm³/mol. The molecule has 1 aromatic carbocycles. The van der Waals surface area contributed by atoms with E-state index in [2.05, 4.69) is 28.9 Å². The lowest BCUT2D eigenvalue weighted by atomic mass is 10.1. The number of aliphatic hydroxyl groups excluding tert-OH is 1. The van der Waals surface area contributed by atoms with E-state index < -0.39 is 0 Å². The molecule has 1 aliphatic rings. The summed E-state index contributed by atoms with van der Waals surface area (Å²) in [6.07, 6.45) is 1.27. The van der Waals surface area contributed by atoms with E-state index >= 15 is 0 Å². The topological polar surface area (TPSA) is 23.5 Å². The van der Waals surface area contributed by atoms with Crippen molar-refractivity contribution in [1.29, 1.82) is 0 Å². The minimum absolute atomic E-state index is 0.0747. The van der Waals surface area contributed by atoms with Gasteiger partial charge in [-0.25, -0.2) is 0 Å². The Kier molecular flexibility index (Phi) is 5.60. The van der Waals surface area contributed by atoms with Gasteiger partial charge in [0.15, 0.2) is 0 Å². The van der Waals surface area contributed by atoms with Crippen molar-refractivity contribution in [2.75, 3.05) is 31.2 Å². The minimum Gasteiger partial charge on any atom is -0.384 e. The third-order valence-electron chi connectivity index (χ3n) is 3.03. The minimum atomic E-state index is -0.0747. The van der Waals surface area contributed by atoms with Crippen LogP contribution in [-0.2, 0) is 6.54 Å². The van der Waals surface area contributed by atoms with E-state index in [1.54, 1.807) is 0 Å². The van der Waals surface area contributed by atoms with Crippen LogP contribution in [0, 0.1) is 11.8 Å². The highest BCUT2D eigenvalue weighted by atomic mass is 32.2. The number of aliphatic hydroxyl groups is 1. The second kappa shape index (κ2) is 7.48. The van der Waals surface area contributed by atoms with E-state index in [1.807, 2.05) is 23.9 Å². The average molecular weight is 261 g/mol. The number of thioether (sulfide) groups is 1. The fourth-order valence-corrected chi connectivity index (χ4v) is 3.04. The van der Waals surface area contributed by atoms with Crippen molar-refractivity contribution >= 4 is 11.8 Å². The number of hydrogen-bond donors (Lipinski definition) is 1. The summed E-state index contributed by atoms with van der Waals surface area (Å²) in [5.74, 6) is 8.28. The monoisotopic (exact) mass is 261 g/mol. The lowest BCUT2D eigenvalue weighted by Crippen LogP contribution is -2.25. The van der Waals surface area contributed by atoms with Crippen LogP contribution in [0.4, 0.5) is 0 Å². The van der Waals surface area contributed by atoms with Gasteiger partial charge in [-0.2, -0.15) is 11.8 Å². The lowest BCUT2D eigenvalue weighted by Gasteiger charge is -2.20. The molecule has 2 nitrogen and oxygen atoms in total. The van der Waals surface area contributed by atoms with Gasteiger partial charge in [-0.1, -0.05) is 30.0 Å². The summed E-state index contributed by atoms with van der Waals surface area (Å²) in [6.45, 7) is 3.23. The van der Waals surface area contributed by atoms with E-state index in [0.29, 0.717) is 0 Å². The van der Waals surface area contributed by atoms with E-state index in [-0.39, 0.29) is 6.61 Å². The third-order valence-corrected chi connectivity index (χ3v) is 4.08. The normalized spacial score (nSPS) is 16.7. The van der Waals surface area contributed by atoms with Gasteiger partial charge in [0.1, 0.15) is 6.61 Å². The van der Waals surface area contributed by atoms with Gasteiger partial charge in [0.05, 0.1) is 0 Å². The van der Waals surface area contributed by atoms with E-state index in [4.69, 9.17) is 5.11 Å². The molecule has 3 heteroatoms. The summed E-state index contributed by atoms with van der Waals surface area (Å²) in [5, 5.41) is 8.79. The molecule has 0 spiro atoms. The quantitative estimate of drug-likeness (QED) is 0.823. The molecule has 0 amide bonds. The third kappa shape index (κ3) is 4.06. The molecular formula is C15H19NOS. The standard InChI is InChI=1S/C15H19NOS/c17-10-3-7-14-5-1-2-6-15(14)13-16-8-4-11-18-12-9-16/h1-2,5-6,17H,4,8-13H2. The molecule has 0 bridgehead atoms. The molecule has 0 aliphatic carbocycles. The van der Waals surface area contributed by atoms with Crippen LogP contribution < -0.4 is 0 Å². The summed E-state index contributed by atoms with van der Waals surface area (Å²) in [5.41, 5.74) is 2.31. The van der Waals surface area contributed by atoms with Crippen molar-refractivity contribution < 1.29 is 5.11 Å². The van der Waals surface area contributed by atoms with Crippen molar-refractivity contribution in [3.8, 4) is 11.8 Å². The molecular weight excluding hydrogens is 242 g/mol. The Morgan fingerprint density at radius 3 is 3.00 bits per heavy atom. The molecule has 2 rings (SSSR count). The molecule has 0 unspecified atom stereocenters. The van der Waals surface area contributed by atoms with Crippen LogP contribution in [0.15, 0.2) is 24.3 Å². The van der Waals surface area contributed by atoms with Crippen LogP contribution in [0.2, 0.25) is 0 Å². The van der Waals surface area contributed by atoms with Crippen LogP contribution >= 0.6 is 11.8 Å². The molecule has 1 fully saturated rings. The number of benzene rings is 1. The predicted octanol–water partition coefficient (Wildman–Crippen LogP) is 1.97. The van der Waals surface area contributed by atoms with Gasteiger partial charge in [-0.15, -0.1) is 0 Å². The Hall–Kier alpha value is -0.950. The Morgan fingerprint density at radius 1 is 1.22 bits per heavy atom. The van der Waals surface area contributed by atoms with Gasteiger partial charge in [0.25, 0.3) is 0 Å². The van der Waals surface area contributed by atoms with Gasteiger partial charge in [-0.05, 0) is 30.3 Å². The molecule has 96 valence electrons. The SMILES string of the molecule is OCC#Cc1ccccc1CN1CCCSCC1. The summed E-state index contributed by atoms with van der Waals surface area (Å²) >= 11 is 2.05. The fraction of sp³-hybridized carbons (Fsp3) is 0.467. The molecule has 1 heterocycles. The molecule has 1 aliphatic heterocycles. The zero-order chi connectivity index (χ0) is 12.6. The van der Waals surface area contributed by atoms with Crippen molar-refractivity contribution in [2.45, 2.75) is 13.0 Å². The van der Waals surface area contributed by atoms with Gasteiger partial charge in [0.2, 0.25) is 0 Å². The van der Waals surface area contributed by atoms with Crippen molar-refractivity contribution in [2.24, 2.45) is 0 Å². The van der Waals surface area contributed by atoms with Crippen molar-refractivity contribution in [3.63, 3.8) is 0 Å². The van der Waals surface area contributed by atoms with Crippen LogP contribution in [0.5, 0.6) is 0 Å². The molecule has 0 aromatic heterocycles. The van der Waals surface area contributed by atoms with Crippen molar-refractivity contribution in [1.82, 2.24) is 4.90 Å². The Labute approximate surface area is 113 Å². The molecule has 0 radical (unpaired) electrons. The number of nitrogens with zero attached hydrogens (tertiary/aromatic N) is 1. The maximum absolute atomic E-state index is 8.79. The lowest BCUT2D eigenvalue weighted by molar-refractivity contribution is 0.287. The summed E-state index contributed by atoms with van der Waals surface area (Å²) in [4.78, 5) is 2.50. The maximum atomic E-state index is 8.79. The highest BCUT2D eigenvalue weighted by Gasteiger charge is 2.10. The second-order valence-corrected chi connectivity index (χ2v) is 5.58. The first-order valence-corrected chi connectivity index (χ1v) is 7.53. The largest absolute Gasteiger partial charge is 0.384 e. The molecule has 18 heavy (non-hydrogen) atoms. The average Bonchev–Trinajstić information content (AvgIpc) is 2.66. The zero-order valence-corrected chi connectivity index (χ0v) is 11.4. The molecule has 1 aromatic rings. The molecule has 1 saturated heterocycles. The highest BCUT2D eigenvalue weighted by molar-refractivity contribution is 7.99. The molecule has 1 N–H and O–H groups in total. The number of rotatable bonds is 2. The first-order chi connectivity index (χ1) is 8.90. The zero-order valence-electron chi connectivity index (χ0n) is 10.6. The Morgan fingerprint density at radius 2 is 2.11 bits per heavy atom. The van der Waals surface area contributed by atoms with Crippen molar-refractivity contribution in [3.05, 3.63) is 35.4 Å². The fourth-order valence-electron chi connectivity index (χ4n) is 2.11.